The average molecular weight is 338 g/mol. The summed E-state index contributed by atoms with van der Waals surface area (Å²) in [6.45, 7) is 3.68. The van der Waals surface area contributed by atoms with E-state index in [2.05, 4.69) is 10.6 Å². The van der Waals surface area contributed by atoms with Crippen LogP contribution in [0.1, 0.15) is 32.3 Å². The van der Waals surface area contributed by atoms with Gasteiger partial charge in [-0.3, -0.25) is 14.5 Å². The predicted octanol–water partition coefficient (Wildman–Crippen LogP) is 2.07. The van der Waals surface area contributed by atoms with Crippen molar-refractivity contribution in [2.45, 2.75) is 38.8 Å². The van der Waals surface area contributed by atoms with Crippen LogP contribution in [0.2, 0.25) is 5.02 Å². The van der Waals surface area contributed by atoms with Crippen LogP contribution in [0, 0.1) is 0 Å². The molecule has 1 heterocycles. The first-order valence-corrected chi connectivity index (χ1v) is 7.95. The van der Waals surface area contributed by atoms with E-state index in [9.17, 15) is 14.4 Å². The molecule has 2 rings (SSSR count). The highest BCUT2D eigenvalue weighted by Crippen LogP contribution is 2.24. The van der Waals surface area contributed by atoms with Crippen LogP contribution in [0.4, 0.5) is 4.79 Å². The molecule has 2 N–H and O–H groups in total. The second-order valence-electron chi connectivity index (χ2n) is 5.52. The molecule has 0 unspecified atom stereocenters. The number of nitrogens with zero attached hydrogens (tertiary/aromatic N) is 1. The van der Waals surface area contributed by atoms with Crippen LogP contribution >= 0.6 is 11.6 Å². The summed E-state index contributed by atoms with van der Waals surface area (Å²) in [7, 11) is 0. The van der Waals surface area contributed by atoms with Crippen LogP contribution in [-0.4, -0.2) is 34.8 Å². The minimum Gasteiger partial charge on any atom is -0.350 e. The van der Waals surface area contributed by atoms with Gasteiger partial charge in [0, 0.05) is 11.6 Å². The van der Waals surface area contributed by atoms with Crippen LogP contribution in [0.5, 0.6) is 0 Å². The van der Waals surface area contributed by atoms with Crippen molar-refractivity contribution in [3.05, 3.63) is 34.9 Å². The number of nitrogens with one attached hydrogen (secondary N) is 2. The standard InChI is InChI=1S/C16H20ClN3O3/c1-3-16(4-2)14(22)20(15(23)19-16)10-13(21)18-9-11-6-5-7-12(17)8-11/h5-8H,3-4,9-10H2,1-2H3,(H,18,21)(H,19,23). The second-order valence-corrected chi connectivity index (χ2v) is 5.95. The van der Waals surface area contributed by atoms with Crippen molar-refractivity contribution < 1.29 is 14.4 Å². The summed E-state index contributed by atoms with van der Waals surface area (Å²) in [5.41, 5.74) is -0.0378. The maximum absolute atomic E-state index is 12.4. The predicted molar refractivity (Wildman–Crippen MR) is 86.9 cm³/mol. The summed E-state index contributed by atoms with van der Waals surface area (Å²) in [5.74, 6) is -0.734. The Bertz CT molecular complexity index is 629. The van der Waals surface area contributed by atoms with Gasteiger partial charge >= 0.3 is 6.03 Å². The highest BCUT2D eigenvalue weighted by atomic mass is 35.5. The molecule has 0 radical (unpaired) electrons. The first-order valence-electron chi connectivity index (χ1n) is 7.57. The highest BCUT2D eigenvalue weighted by Gasteiger charge is 2.49. The van der Waals surface area contributed by atoms with Gasteiger partial charge in [0.25, 0.3) is 5.91 Å². The molecule has 0 aromatic heterocycles. The fourth-order valence-electron chi connectivity index (χ4n) is 2.60. The molecule has 1 fully saturated rings. The lowest BCUT2D eigenvalue weighted by Crippen LogP contribution is -2.46. The second kappa shape index (κ2) is 7.00. The van der Waals surface area contributed by atoms with Gasteiger partial charge in [-0.1, -0.05) is 37.6 Å². The van der Waals surface area contributed by atoms with Crippen LogP contribution in [-0.2, 0) is 16.1 Å². The van der Waals surface area contributed by atoms with Crippen LogP contribution < -0.4 is 10.6 Å². The third kappa shape index (κ3) is 3.64. The minimum atomic E-state index is -0.885. The molecule has 124 valence electrons. The van der Waals surface area contributed by atoms with Gasteiger partial charge < -0.3 is 10.6 Å². The molecule has 23 heavy (non-hydrogen) atoms. The van der Waals surface area contributed by atoms with Crippen LogP contribution in [0.3, 0.4) is 0 Å². The lowest BCUT2D eigenvalue weighted by molar-refractivity contribution is -0.135. The number of urea groups is 1. The van der Waals surface area contributed by atoms with Gasteiger partial charge in [-0.15, -0.1) is 0 Å². The van der Waals surface area contributed by atoms with Crippen LogP contribution in [0.15, 0.2) is 24.3 Å². The fraction of sp³-hybridized carbons (Fsp3) is 0.438. The van der Waals surface area contributed by atoms with Crippen molar-refractivity contribution in [3.63, 3.8) is 0 Å². The lowest BCUT2D eigenvalue weighted by Gasteiger charge is -2.23. The molecule has 0 atom stereocenters. The lowest BCUT2D eigenvalue weighted by atomic mass is 9.93. The third-order valence-corrected chi connectivity index (χ3v) is 4.37. The number of rotatable bonds is 6. The monoisotopic (exact) mass is 337 g/mol. The molecule has 4 amide bonds. The zero-order valence-corrected chi connectivity index (χ0v) is 13.9. The Kier molecular flexibility index (Phi) is 5.26. The first kappa shape index (κ1) is 17.3. The number of hydrogen-bond donors (Lipinski definition) is 2. The van der Waals surface area contributed by atoms with E-state index in [1.165, 1.54) is 0 Å². The van der Waals surface area contributed by atoms with E-state index in [-0.39, 0.29) is 19.0 Å². The zero-order chi connectivity index (χ0) is 17.0. The van der Waals surface area contributed by atoms with E-state index < -0.39 is 17.5 Å². The van der Waals surface area contributed by atoms with Crippen molar-refractivity contribution in [1.82, 2.24) is 15.5 Å². The Balaban J connectivity index is 1.95. The number of carbonyl (C=O) groups excluding carboxylic acids is 3. The average Bonchev–Trinajstić information content (AvgIpc) is 2.78. The summed E-state index contributed by atoms with van der Waals surface area (Å²) >= 11 is 5.88. The number of carbonyl (C=O) groups is 3. The quantitative estimate of drug-likeness (QED) is 0.780. The Labute approximate surface area is 140 Å². The summed E-state index contributed by atoms with van der Waals surface area (Å²) in [6.07, 6.45) is 0.989. The Morgan fingerprint density at radius 1 is 1.30 bits per heavy atom. The summed E-state index contributed by atoms with van der Waals surface area (Å²) in [4.78, 5) is 37.4. The van der Waals surface area contributed by atoms with E-state index in [4.69, 9.17) is 11.6 Å². The van der Waals surface area contributed by atoms with E-state index in [1.54, 1.807) is 18.2 Å². The van der Waals surface area contributed by atoms with Gasteiger partial charge in [0.2, 0.25) is 5.91 Å². The zero-order valence-electron chi connectivity index (χ0n) is 13.2. The van der Waals surface area contributed by atoms with Gasteiger partial charge in [-0.05, 0) is 30.5 Å². The van der Waals surface area contributed by atoms with Crippen molar-refractivity contribution in [2.75, 3.05) is 6.54 Å². The van der Waals surface area contributed by atoms with Gasteiger partial charge in [-0.25, -0.2) is 4.79 Å². The van der Waals surface area contributed by atoms with Crippen molar-refractivity contribution in [2.24, 2.45) is 0 Å². The summed E-state index contributed by atoms with van der Waals surface area (Å²) < 4.78 is 0. The van der Waals surface area contributed by atoms with Gasteiger partial charge in [0.1, 0.15) is 12.1 Å². The third-order valence-electron chi connectivity index (χ3n) is 4.13. The summed E-state index contributed by atoms with van der Waals surface area (Å²) in [5, 5.41) is 5.96. The summed E-state index contributed by atoms with van der Waals surface area (Å²) in [6, 6.07) is 6.60. The normalized spacial score (nSPS) is 16.4. The molecule has 1 aliphatic heterocycles. The molecule has 1 aliphatic rings. The molecule has 0 spiro atoms. The molecular weight excluding hydrogens is 318 g/mol. The van der Waals surface area contributed by atoms with E-state index in [1.807, 2.05) is 19.9 Å². The van der Waals surface area contributed by atoms with Crippen molar-refractivity contribution >= 4 is 29.4 Å². The smallest absolute Gasteiger partial charge is 0.325 e. The van der Waals surface area contributed by atoms with Gasteiger partial charge in [0.15, 0.2) is 0 Å². The molecule has 0 aliphatic carbocycles. The van der Waals surface area contributed by atoms with E-state index >= 15 is 0 Å². The van der Waals surface area contributed by atoms with Gasteiger partial charge in [-0.2, -0.15) is 0 Å². The molecular formula is C16H20ClN3O3. The van der Waals surface area contributed by atoms with E-state index in [0.29, 0.717) is 17.9 Å². The Morgan fingerprint density at radius 3 is 2.57 bits per heavy atom. The molecule has 0 saturated carbocycles. The molecule has 1 saturated heterocycles. The topological polar surface area (TPSA) is 78.5 Å². The SMILES string of the molecule is CCC1(CC)NC(=O)N(CC(=O)NCc2cccc(Cl)c2)C1=O. The van der Waals surface area contributed by atoms with Gasteiger partial charge in [0.05, 0.1) is 0 Å². The number of imide groups is 1. The minimum absolute atomic E-state index is 0.285. The molecule has 1 aromatic carbocycles. The number of hydrogen-bond acceptors (Lipinski definition) is 3. The first-order chi connectivity index (χ1) is 10.9. The van der Waals surface area contributed by atoms with Crippen molar-refractivity contribution in [3.8, 4) is 0 Å². The fourth-order valence-corrected chi connectivity index (χ4v) is 2.81. The maximum Gasteiger partial charge on any atom is 0.325 e. The number of benzene rings is 1. The molecule has 0 bridgehead atoms. The van der Waals surface area contributed by atoms with Crippen LogP contribution in [0.25, 0.3) is 0 Å². The molecule has 7 heteroatoms. The number of halogens is 1. The largest absolute Gasteiger partial charge is 0.350 e. The molecule has 6 nitrogen and oxygen atoms in total. The molecule has 1 aromatic rings. The Morgan fingerprint density at radius 2 is 2.00 bits per heavy atom. The van der Waals surface area contributed by atoms with E-state index in [0.717, 1.165) is 10.5 Å². The number of amides is 4. The highest BCUT2D eigenvalue weighted by molar-refractivity contribution is 6.30. The maximum atomic E-state index is 12.4. The van der Waals surface area contributed by atoms with Crippen molar-refractivity contribution in [1.29, 1.82) is 0 Å². The Hall–Kier alpha value is -2.08.